The van der Waals surface area contributed by atoms with Gasteiger partial charge in [-0.15, -0.1) is 0 Å². The van der Waals surface area contributed by atoms with Gasteiger partial charge in [-0.05, 0) is 50.6 Å². The summed E-state index contributed by atoms with van der Waals surface area (Å²) in [5, 5.41) is 0. The molecule has 1 aliphatic rings. The molecule has 0 atom stereocenters. The fraction of sp³-hybridized carbons (Fsp3) is 0.500. The van der Waals surface area contributed by atoms with Gasteiger partial charge in [-0.1, -0.05) is 6.07 Å². The first-order chi connectivity index (χ1) is 6.49. The van der Waals surface area contributed by atoms with Crippen molar-refractivity contribution in [2.45, 2.75) is 32.4 Å². The molecule has 0 amide bonds. The van der Waals surface area contributed by atoms with Gasteiger partial charge in [0.15, 0.2) is 0 Å². The van der Waals surface area contributed by atoms with Crippen LogP contribution in [0.25, 0.3) is 0 Å². The largest absolute Gasteiger partial charge is 0.399 e. The monoisotopic (exact) mass is 190 g/mol. The number of benzene rings is 1. The predicted molar refractivity (Wildman–Crippen MR) is 60.1 cm³/mol. The van der Waals surface area contributed by atoms with Crippen molar-refractivity contribution < 1.29 is 0 Å². The fourth-order valence-electron chi connectivity index (χ4n) is 2.04. The number of hydrogen-bond donors (Lipinski definition) is 1. The zero-order valence-corrected chi connectivity index (χ0v) is 9.17. The molecule has 76 valence electrons. The molecule has 0 bridgehead atoms. The highest BCUT2D eigenvalue weighted by Gasteiger charge is 2.29. The maximum atomic E-state index is 5.79. The van der Waals surface area contributed by atoms with Gasteiger partial charge in [0.05, 0.1) is 0 Å². The minimum absolute atomic E-state index is 0.251. The van der Waals surface area contributed by atoms with Crippen molar-refractivity contribution in [1.82, 2.24) is 4.90 Å². The lowest BCUT2D eigenvalue weighted by molar-refractivity contribution is 0.133. The van der Waals surface area contributed by atoms with Crippen molar-refractivity contribution in [3.05, 3.63) is 29.3 Å². The average molecular weight is 190 g/mol. The smallest absolute Gasteiger partial charge is 0.0316 e. The molecule has 2 heteroatoms. The van der Waals surface area contributed by atoms with E-state index in [4.69, 9.17) is 5.73 Å². The Hall–Kier alpha value is -1.02. The molecule has 0 radical (unpaired) electrons. The highest BCUT2D eigenvalue weighted by Crippen LogP contribution is 2.30. The Labute approximate surface area is 85.7 Å². The van der Waals surface area contributed by atoms with E-state index in [0.29, 0.717) is 0 Å². The SMILES string of the molecule is CN1Cc2ccc(N)cc2CC1(C)C. The summed E-state index contributed by atoms with van der Waals surface area (Å²) in [5.41, 5.74) is 9.75. The van der Waals surface area contributed by atoms with Gasteiger partial charge >= 0.3 is 0 Å². The number of nitrogen functional groups attached to an aromatic ring is 1. The molecule has 0 fully saturated rings. The fourth-order valence-corrected chi connectivity index (χ4v) is 2.04. The highest BCUT2D eigenvalue weighted by molar-refractivity contribution is 5.46. The molecule has 14 heavy (non-hydrogen) atoms. The molecule has 0 aromatic heterocycles. The second kappa shape index (κ2) is 2.99. The van der Waals surface area contributed by atoms with Crippen molar-refractivity contribution in [2.75, 3.05) is 12.8 Å². The molecular weight excluding hydrogens is 172 g/mol. The lowest BCUT2D eigenvalue weighted by Crippen LogP contribution is -2.45. The minimum Gasteiger partial charge on any atom is -0.399 e. The normalized spacial score (nSPS) is 20.5. The molecule has 2 nitrogen and oxygen atoms in total. The van der Waals surface area contributed by atoms with Crippen molar-refractivity contribution in [1.29, 1.82) is 0 Å². The van der Waals surface area contributed by atoms with E-state index in [0.717, 1.165) is 18.7 Å². The second-order valence-corrected chi connectivity index (χ2v) is 4.87. The molecule has 0 unspecified atom stereocenters. The zero-order valence-electron chi connectivity index (χ0n) is 9.17. The summed E-state index contributed by atoms with van der Waals surface area (Å²) < 4.78 is 0. The van der Waals surface area contributed by atoms with Crippen LogP contribution in [-0.4, -0.2) is 17.5 Å². The molecule has 0 aliphatic carbocycles. The van der Waals surface area contributed by atoms with Crippen LogP contribution >= 0.6 is 0 Å². The molecule has 1 heterocycles. The van der Waals surface area contributed by atoms with Gasteiger partial charge in [-0.3, -0.25) is 4.90 Å². The van der Waals surface area contributed by atoms with E-state index >= 15 is 0 Å². The van der Waals surface area contributed by atoms with Gasteiger partial charge in [0, 0.05) is 17.8 Å². The lowest BCUT2D eigenvalue weighted by atomic mass is 9.86. The van der Waals surface area contributed by atoms with Crippen LogP contribution in [0.2, 0.25) is 0 Å². The van der Waals surface area contributed by atoms with Gasteiger partial charge in [0.1, 0.15) is 0 Å². The maximum absolute atomic E-state index is 5.79. The second-order valence-electron chi connectivity index (χ2n) is 4.87. The number of hydrogen-bond acceptors (Lipinski definition) is 2. The number of fused-ring (bicyclic) bond motifs is 1. The molecule has 0 saturated carbocycles. The summed E-state index contributed by atoms with van der Waals surface area (Å²) >= 11 is 0. The maximum Gasteiger partial charge on any atom is 0.0316 e. The van der Waals surface area contributed by atoms with Gasteiger partial charge in [0.25, 0.3) is 0 Å². The summed E-state index contributed by atoms with van der Waals surface area (Å²) in [6.07, 6.45) is 1.09. The van der Waals surface area contributed by atoms with Crippen molar-refractivity contribution in [3.63, 3.8) is 0 Å². The van der Waals surface area contributed by atoms with E-state index < -0.39 is 0 Å². The molecule has 2 rings (SSSR count). The number of likely N-dealkylation sites (N-methyl/N-ethyl adjacent to an activating group) is 1. The minimum atomic E-state index is 0.251. The van der Waals surface area contributed by atoms with E-state index in [2.05, 4.69) is 37.9 Å². The predicted octanol–water partition coefficient (Wildman–Crippen LogP) is 2.04. The third-order valence-electron chi connectivity index (χ3n) is 3.29. The molecule has 1 aromatic carbocycles. The Balaban J connectivity index is 2.41. The van der Waals surface area contributed by atoms with Crippen LogP contribution in [0.3, 0.4) is 0 Å². The van der Waals surface area contributed by atoms with Gasteiger partial charge in [-0.2, -0.15) is 0 Å². The van der Waals surface area contributed by atoms with Crippen molar-refractivity contribution in [3.8, 4) is 0 Å². The van der Waals surface area contributed by atoms with E-state index in [1.165, 1.54) is 11.1 Å². The molecule has 0 spiro atoms. The van der Waals surface area contributed by atoms with Crippen LogP contribution in [0.4, 0.5) is 5.69 Å². The van der Waals surface area contributed by atoms with Crippen LogP contribution in [0, 0.1) is 0 Å². The van der Waals surface area contributed by atoms with E-state index in [-0.39, 0.29) is 5.54 Å². The van der Waals surface area contributed by atoms with E-state index in [9.17, 15) is 0 Å². The topological polar surface area (TPSA) is 29.3 Å². The van der Waals surface area contributed by atoms with Crippen LogP contribution in [0.15, 0.2) is 18.2 Å². The molecule has 2 N–H and O–H groups in total. The third-order valence-corrected chi connectivity index (χ3v) is 3.29. The first kappa shape index (κ1) is 9.53. The van der Waals surface area contributed by atoms with Crippen LogP contribution in [0.5, 0.6) is 0 Å². The number of anilines is 1. The highest BCUT2D eigenvalue weighted by atomic mass is 15.2. The first-order valence-electron chi connectivity index (χ1n) is 5.07. The van der Waals surface area contributed by atoms with Gasteiger partial charge in [-0.25, -0.2) is 0 Å². The summed E-state index contributed by atoms with van der Waals surface area (Å²) in [6.45, 7) is 5.58. The lowest BCUT2D eigenvalue weighted by Gasteiger charge is -2.41. The Morgan fingerprint density at radius 2 is 2.00 bits per heavy atom. The Kier molecular flexibility index (Phi) is 2.04. The van der Waals surface area contributed by atoms with Crippen molar-refractivity contribution in [2.24, 2.45) is 0 Å². The number of rotatable bonds is 0. The van der Waals surface area contributed by atoms with Crippen LogP contribution in [-0.2, 0) is 13.0 Å². The summed E-state index contributed by atoms with van der Waals surface area (Å²) in [4.78, 5) is 2.39. The Bertz CT molecular complexity index is 355. The molecular formula is C12H18N2. The average Bonchev–Trinajstić information content (AvgIpc) is 2.07. The van der Waals surface area contributed by atoms with Gasteiger partial charge < -0.3 is 5.73 Å². The number of nitrogens with two attached hydrogens (primary N) is 1. The van der Waals surface area contributed by atoms with Crippen LogP contribution < -0.4 is 5.73 Å². The Morgan fingerprint density at radius 1 is 1.29 bits per heavy atom. The summed E-state index contributed by atoms with van der Waals surface area (Å²) in [7, 11) is 2.18. The quantitative estimate of drug-likeness (QED) is 0.634. The van der Waals surface area contributed by atoms with E-state index in [1.807, 2.05) is 6.07 Å². The molecule has 1 aromatic rings. The summed E-state index contributed by atoms with van der Waals surface area (Å²) in [5.74, 6) is 0. The summed E-state index contributed by atoms with van der Waals surface area (Å²) in [6, 6.07) is 6.26. The van der Waals surface area contributed by atoms with Gasteiger partial charge in [0.2, 0.25) is 0 Å². The van der Waals surface area contributed by atoms with Crippen LogP contribution in [0.1, 0.15) is 25.0 Å². The first-order valence-corrected chi connectivity index (χ1v) is 5.07. The molecule has 1 aliphatic heterocycles. The standard InChI is InChI=1S/C12H18N2/c1-12(2)7-10-6-11(13)5-4-9(10)8-14(12)3/h4-6H,7-8,13H2,1-3H3. The number of nitrogens with zero attached hydrogens (tertiary/aromatic N) is 1. The van der Waals surface area contributed by atoms with Crippen molar-refractivity contribution >= 4 is 5.69 Å². The molecule has 0 saturated heterocycles. The zero-order chi connectivity index (χ0) is 10.3. The third kappa shape index (κ3) is 1.50. The van der Waals surface area contributed by atoms with E-state index in [1.54, 1.807) is 0 Å². The Morgan fingerprint density at radius 3 is 2.71 bits per heavy atom.